The van der Waals surface area contributed by atoms with Gasteiger partial charge in [0.2, 0.25) is 0 Å². The Balaban J connectivity index is 1.79. The van der Waals surface area contributed by atoms with Gasteiger partial charge in [-0.05, 0) is 48.9 Å². The van der Waals surface area contributed by atoms with Gasteiger partial charge in [-0.3, -0.25) is 0 Å². The van der Waals surface area contributed by atoms with Crippen LogP contribution in [-0.4, -0.2) is 18.2 Å². The molecular weight excluding hydrogens is 273 g/mol. The van der Waals surface area contributed by atoms with E-state index in [9.17, 15) is 9.50 Å². The molecule has 2 aromatic rings. The molecular formula is C16H16FNOS. The van der Waals surface area contributed by atoms with Gasteiger partial charge in [0.1, 0.15) is 11.6 Å². The van der Waals surface area contributed by atoms with Crippen LogP contribution in [0.4, 0.5) is 4.39 Å². The second-order valence-corrected chi connectivity index (χ2v) is 6.12. The summed E-state index contributed by atoms with van der Waals surface area (Å²) in [6.45, 7) is 1.92. The lowest BCUT2D eigenvalue weighted by Crippen LogP contribution is -2.08. The molecule has 1 fully saturated rings. The van der Waals surface area contributed by atoms with Gasteiger partial charge in [-0.15, -0.1) is 0 Å². The van der Waals surface area contributed by atoms with Crippen molar-refractivity contribution in [2.24, 2.45) is 0 Å². The summed E-state index contributed by atoms with van der Waals surface area (Å²) in [5.74, 6) is 0.483. The lowest BCUT2D eigenvalue weighted by molar-refractivity contribution is 0.461. The standard InChI is InChI=1S/C16H16FNOS/c17-12-2-1-3-13(8-12)20-14-4-5-15(16(19)9-14)11-6-7-18-10-11/h1-5,8-9,11,18-19H,6-7,10H2. The van der Waals surface area contributed by atoms with Gasteiger partial charge in [0.25, 0.3) is 0 Å². The summed E-state index contributed by atoms with van der Waals surface area (Å²) in [6.07, 6.45) is 1.06. The van der Waals surface area contributed by atoms with Crippen LogP contribution in [0.5, 0.6) is 5.75 Å². The first-order valence-corrected chi connectivity index (χ1v) is 7.51. The number of phenols is 1. The first-order valence-electron chi connectivity index (χ1n) is 6.69. The molecule has 0 bridgehead atoms. The van der Waals surface area contributed by atoms with Gasteiger partial charge in [-0.1, -0.05) is 23.9 Å². The van der Waals surface area contributed by atoms with Crippen molar-refractivity contribution in [3.63, 3.8) is 0 Å². The first-order chi connectivity index (χ1) is 9.72. The number of rotatable bonds is 3. The topological polar surface area (TPSA) is 32.3 Å². The number of aromatic hydroxyl groups is 1. The van der Waals surface area contributed by atoms with Crippen molar-refractivity contribution in [1.82, 2.24) is 5.32 Å². The van der Waals surface area contributed by atoms with Crippen LogP contribution < -0.4 is 5.32 Å². The van der Waals surface area contributed by atoms with E-state index in [4.69, 9.17) is 0 Å². The summed E-state index contributed by atoms with van der Waals surface area (Å²) in [5, 5.41) is 13.5. The van der Waals surface area contributed by atoms with Crippen molar-refractivity contribution in [2.75, 3.05) is 13.1 Å². The normalized spacial score (nSPS) is 18.4. The van der Waals surface area contributed by atoms with E-state index >= 15 is 0 Å². The van der Waals surface area contributed by atoms with E-state index in [0.717, 1.165) is 34.9 Å². The molecule has 0 amide bonds. The third-order valence-electron chi connectivity index (χ3n) is 3.53. The Bertz CT molecular complexity index is 611. The molecule has 20 heavy (non-hydrogen) atoms. The Kier molecular flexibility index (Phi) is 3.94. The number of phenolic OH excluding ortho intramolecular Hbond substituents is 1. The summed E-state index contributed by atoms with van der Waals surface area (Å²) in [4.78, 5) is 1.75. The fraction of sp³-hybridized carbons (Fsp3) is 0.250. The maximum Gasteiger partial charge on any atom is 0.124 e. The number of hydrogen-bond donors (Lipinski definition) is 2. The van der Waals surface area contributed by atoms with Crippen LogP contribution in [0.25, 0.3) is 0 Å². The van der Waals surface area contributed by atoms with E-state index in [0.29, 0.717) is 11.7 Å². The molecule has 0 saturated carbocycles. The maximum absolute atomic E-state index is 13.1. The first kappa shape index (κ1) is 13.5. The Morgan fingerprint density at radius 2 is 2.00 bits per heavy atom. The van der Waals surface area contributed by atoms with Gasteiger partial charge in [-0.2, -0.15) is 0 Å². The molecule has 2 aromatic carbocycles. The smallest absolute Gasteiger partial charge is 0.124 e. The molecule has 104 valence electrons. The monoisotopic (exact) mass is 289 g/mol. The molecule has 0 aromatic heterocycles. The van der Waals surface area contributed by atoms with Crippen LogP contribution >= 0.6 is 11.8 Å². The lowest BCUT2D eigenvalue weighted by Gasteiger charge is -2.12. The van der Waals surface area contributed by atoms with E-state index in [-0.39, 0.29) is 5.82 Å². The molecule has 0 aliphatic carbocycles. The van der Waals surface area contributed by atoms with Gasteiger partial charge in [0.05, 0.1) is 0 Å². The minimum atomic E-state index is -0.243. The second kappa shape index (κ2) is 5.85. The largest absolute Gasteiger partial charge is 0.508 e. The van der Waals surface area contributed by atoms with Crippen LogP contribution in [0.15, 0.2) is 52.3 Å². The third-order valence-corrected chi connectivity index (χ3v) is 4.51. The predicted octanol–water partition coefficient (Wildman–Crippen LogP) is 3.76. The van der Waals surface area contributed by atoms with Crippen LogP contribution in [0.1, 0.15) is 17.9 Å². The van der Waals surface area contributed by atoms with Crippen LogP contribution in [0, 0.1) is 5.82 Å². The second-order valence-electron chi connectivity index (χ2n) is 4.97. The van der Waals surface area contributed by atoms with Crippen molar-refractivity contribution in [2.45, 2.75) is 22.1 Å². The van der Waals surface area contributed by atoms with E-state index < -0.39 is 0 Å². The number of hydrogen-bond acceptors (Lipinski definition) is 3. The van der Waals surface area contributed by atoms with Gasteiger partial charge in [0.15, 0.2) is 0 Å². The highest BCUT2D eigenvalue weighted by atomic mass is 32.2. The number of halogens is 1. The summed E-state index contributed by atoms with van der Waals surface area (Å²) in [5.41, 5.74) is 0.999. The Labute approximate surface area is 122 Å². The quantitative estimate of drug-likeness (QED) is 0.902. The molecule has 1 aliphatic rings. The average molecular weight is 289 g/mol. The van der Waals surface area contributed by atoms with Crippen molar-refractivity contribution >= 4 is 11.8 Å². The van der Waals surface area contributed by atoms with E-state index in [1.165, 1.54) is 23.9 Å². The third kappa shape index (κ3) is 2.97. The molecule has 1 atom stereocenters. The molecule has 1 heterocycles. The molecule has 1 aliphatic heterocycles. The van der Waals surface area contributed by atoms with E-state index in [2.05, 4.69) is 5.32 Å². The van der Waals surface area contributed by atoms with Crippen molar-refractivity contribution < 1.29 is 9.50 Å². The number of benzene rings is 2. The van der Waals surface area contributed by atoms with Gasteiger partial charge in [-0.25, -0.2) is 4.39 Å². The fourth-order valence-corrected chi connectivity index (χ4v) is 3.42. The highest BCUT2D eigenvalue weighted by molar-refractivity contribution is 7.99. The Morgan fingerprint density at radius 1 is 1.15 bits per heavy atom. The fourth-order valence-electron chi connectivity index (χ4n) is 2.52. The summed E-state index contributed by atoms with van der Waals surface area (Å²) in [6, 6.07) is 12.2. The summed E-state index contributed by atoms with van der Waals surface area (Å²) >= 11 is 1.45. The van der Waals surface area contributed by atoms with Gasteiger partial charge in [0, 0.05) is 22.3 Å². The number of nitrogens with one attached hydrogen (secondary N) is 1. The highest BCUT2D eigenvalue weighted by Gasteiger charge is 2.19. The molecule has 1 saturated heterocycles. The predicted molar refractivity (Wildman–Crippen MR) is 78.9 cm³/mol. The lowest BCUT2D eigenvalue weighted by atomic mass is 9.98. The van der Waals surface area contributed by atoms with Crippen molar-refractivity contribution in [3.8, 4) is 5.75 Å². The molecule has 2 N–H and O–H groups in total. The average Bonchev–Trinajstić information content (AvgIpc) is 2.92. The van der Waals surface area contributed by atoms with Gasteiger partial charge < -0.3 is 10.4 Å². The highest BCUT2D eigenvalue weighted by Crippen LogP contribution is 2.35. The molecule has 1 unspecified atom stereocenters. The molecule has 2 nitrogen and oxygen atoms in total. The van der Waals surface area contributed by atoms with E-state index in [1.54, 1.807) is 12.1 Å². The van der Waals surface area contributed by atoms with Crippen molar-refractivity contribution in [3.05, 3.63) is 53.8 Å². The molecule has 0 radical (unpaired) electrons. The van der Waals surface area contributed by atoms with Crippen LogP contribution in [-0.2, 0) is 0 Å². The summed E-state index contributed by atoms with van der Waals surface area (Å²) < 4.78 is 13.1. The zero-order valence-electron chi connectivity index (χ0n) is 11.0. The molecule has 4 heteroatoms. The minimum Gasteiger partial charge on any atom is -0.508 e. The zero-order chi connectivity index (χ0) is 13.9. The van der Waals surface area contributed by atoms with Crippen LogP contribution in [0.3, 0.4) is 0 Å². The Hall–Kier alpha value is -1.52. The van der Waals surface area contributed by atoms with Crippen molar-refractivity contribution in [1.29, 1.82) is 0 Å². The summed E-state index contributed by atoms with van der Waals surface area (Å²) in [7, 11) is 0. The zero-order valence-corrected chi connectivity index (χ0v) is 11.8. The van der Waals surface area contributed by atoms with Crippen LogP contribution in [0.2, 0.25) is 0 Å². The van der Waals surface area contributed by atoms with Gasteiger partial charge >= 0.3 is 0 Å². The molecule has 0 spiro atoms. The van der Waals surface area contributed by atoms with E-state index in [1.807, 2.05) is 18.2 Å². The molecule has 3 rings (SSSR count). The maximum atomic E-state index is 13.1. The minimum absolute atomic E-state index is 0.243. The Morgan fingerprint density at radius 3 is 2.70 bits per heavy atom. The SMILES string of the molecule is Oc1cc(Sc2cccc(F)c2)ccc1C1CCNC1.